The Balaban J connectivity index is 3.67. The average molecular weight is 187 g/mol. The van der Waals surface area contributed by atoms with Crippen LogP contribution in [0.3, 0.4) is 0 Å². The van der Waals surface area contributed by atoms with Gasteiger partial charge >= 0.3 is 5.97 Å². The highest BCUT2D eigenvalue weighted by molar-refractivity contribution is 5.75. The van der Waals surface area contributed by atoms with Gasteiger partial charge in [0.2, 0.25) is 0 Å². The van der Waals surface area contributed by atoms with Crippen LogP contribution in [0.1, 0.15) is 33.6 Å². The van der Waals surface area contributed by atoms with Crippen LogP contribution in [0.25, 0.3) is 0 Å². The smallest absolute Gasteiger partial charge is 0.322 e. The van der Waals surface area contributed by atoms with Crippen molar-refractivity contribution in [2.24, 2.45) is 5.92 Å². The summed E-state index contributed by atoms with van der Waals surface area (Å²) in [6.45, 7) is 7.05. The first kappa shape index (κ1) is 12.4. The lowest BCUT2D eigenvalue weighted by atomic mass is 10.0. The second-order valence-corrected chi connectivity index (χ2v) is 3.34. The van der Waals surface area contributed by atoms with E-state index in [0.29, 0.717) is 5.92 Å². The number of hydrogen-bond donors (Lipinski definition) is 1. The molecule has 3 nitrogen and oxygen atoms in total. The van der Waals surface area contributed by atoms with Crippen molar-refractivity contribution in [2.45, 2.75) is 39.7 Å². The van der Waals surface area contributed by atoms with Crippen molar-refractivity contribution in [1.82, 2.24) is 5.32 Å². The highest BCUT2D eigenvalue weighted by Crippen LogP contribution is 2.05. The number of nitrogens with one attached hydrogen (secondary N) is 1. The molecule has 0 aliphatic rings. The van der Waals surface area contributed by atoms with Gasteiger partial charge in [-0.05, 0) is 19.4 Å². The largest absolute Gasteiger partial charge is 0.468 e. The van der Waals surface area contributed by atoms with Crippen LogP contribution in [0.2, 0.25) is 0 Å². The first-order valence-electron chi connectivity index (χ1n) is 4.96. The average Bonchev–Trinajstić information content (AvgIpc) is 2.17. The fourth-order valence-electron chi connectivity index (χ4n) is 1.18. The minimum atomic E-state index is -0.189. The fraction of sp³-hybridized carbons (Fsp3) is 0.900. The molecule has 1 unspecified atom stereocenters. The fourth-order valence-corrected chi connectivity index (χ4v) is 1.18. The molecule has 0 rings (SSSR count). The predicted octanol–water partition coefficient (Wildman–Crippen LogP) is 1.57. The van der Waals surface area contributed by atoms with E-state index in [0.717, 1.165) is 19.4 Å². The summed E-state index contributed by atoms with van der Waals surface area (Å²) in [6, 6.07) is -0.189. The normalized spacial score (nSPS) is 13.0. The van der Waals surface area contributed by atoms with Gasteiger partial charge in [-0.25, -0.2) is 0 Å². The molecule has 0 fully saturated rings. The lowest BCUT2D eigenvalue weighted by Gasteiger charge is -2.16. The van der Waals surface area contributed by atoms with E-state index in [1.54, 1.807) is 0 Å². The van der Waals surface area contributed by atoms with Crippen LogP contribution in [0.4, 0.5) is 0 Å². The maximum atomic E-state index is 11.0. The lowest BCUT2D eigenvalue weighted by molar-refractivity contribution is -0.142. The maximum absolute atomic E-state index is 11.0. The molecule has 0 amide bonds. The predicted molar refractivity (Wildman–Crippen MR) is 53.6 cm³/mol. The zero-order valence-corrected chi connectivity index (χ0v) is 9.09. The molecule has 0 aromatic heterocycles. The monoisotopic (exact) mass is 187 g/mol. The van der Waals surface area contributed by atoms with Crippen LogP contribution in [0.15, 0.2) is 0 Å². The van der Waals surface area contributed by atoms with E-state index in [1.807, 2.05) is 6.92 Å². The molecular weight excluding hydrogens is 166 g/mol. The van der Waals surface area contributed by atoms with E-state index in [4.69, 9.17) is 0 Å². The van der Waals surface area contributed by atoms with Gasteiger partial charge in [0.25, 0.3) is 0 Å². The molecule has 0 bridgehead atoms. The van der Waals surface area contributed by atoms with Gasteiger partial charge < -0.3 is 10.1 Å². The Labute approximate surface area is 80.8 Å². The number of methoxy groups -OCH3 is 1. The van der Waals surface area contributed by atoms with Gasteiger partial charge in [-0.1, -0.05) is 26.7 Å². The van der Waals surface area contributed by atoms with Gasteiger partial charge in [0.1, 0.15) is 6.04 Å². The van der Waals surface area contributed by atoms with Crippen molar-refractivity contribution >= 4 is 5.97 Å². The molecule has 0 aromatic carbocycles. The summed E-state index contributed by atoms with van der Waals surface area (Å²) in [6.07, 6.45) is 2.30. The summed E-state index contributed by atoms with van der Waals surface area (Å²) in [4.78, 5) is 11.0. The Bertz CT molecular complexity index is 144. The lowest BCUT2D eigenvalue weighted by Crippen LogP contribution is -2.37. The number of ether oxygens (including phenoxy) is 1. The van der Waals surface area contributed by atoms with E-state index in [-0.39, 0.29) is 12.0 Å². The first-order valence-corrected chi connectivity index (χ1v) is 4.96. The van der Waals surface area contributed by atoms with Crippen LogP contribution in [-0.4, -0.2) is 25.7 Å². The number of hydrogen-bond acceptors (Lipinski definition) is 3. The van der Waals surface area contributed by atoms with E-state index >= 15 is 0 Å². The van der Waals surface area contributed by atoms with Crippen LogP contribution >= 0.6 is 0 Å². The van der Waals surface area contributed by atoms with Crippen LogP contribution in [-0.2, 0) is 9.53 Å². The maximum Gasteiger partial charge on any atom is 0.322 e. The molecule has 0 saturated heterocycles. The van der Waals surface area contributed by atoms with E-state index in [2.05, 4.69) is 23.9 Å². The molecular formula is C10H21NO2. The molecule has 3 heteroatoms. The Morgan fingerprint density at radius 3 is 2.31 bits per heavy atom. The number of rotatable bonds is 6. The highest BCUT2D eigenvalue weighted by Gasteiger charge is 2.13. The molecule has 0 saturated carbocycles. The molecule has 0 spiro atoms. The zero-order chi connectivity index (χ0) is 10.3. The summed E-state index contributed by atoms with van der Waals surface area (Å²) in [7, 11) is 1.41. The van der Waals surface area contributed by atoms with Gasteiger partial charge in [-0.3, -0.25) is 4.79 Å². The Morgan fingerprint density at radius 2 is 1.92 bits per heavy atom. The van der Waals surface area contributed by atoms with Crippen molar-refractivity contribution in [3.63, 3.8) is 0 Å². The number of carbonyl (C=O) groups is 1. The van der Waals surface area contributed by atoms with Gasteiger partial charge in [0.15, 0.2) is 0 Å². The zero-order valence-electron chi connectivity index (χ0n) is 9.09. The van der Waals surface area contributed by atoms with Gasteiger partial charge in [0.05, 0.1) is 7.11 Å². The van der Waals surface area contributed by atoms with Gasteiger partial charge in [-0.2, -0.15) is 0 Å². The Hall–Kier alpha value is -0.570. The highest BCUT2D eigenvalue weighted by atomic mass is 16.5. The summed E-state index contributed by atoms with van der Waals surface area (Å²) in [5.41, 5.74) is 0. The molecule has 0 aromatic rings. The van der Waals surface area contributed by atoms with E-state index < -0.39 is 0 Å². The first-order chi connectivity index (χ1) is 6.15. The van der Waals surface area contributed by atoms with Crippen molar-refractivity contribution in [2.75, 3.05) is 13.7 Å². The summed E-state index contributed by atoms with van der Waals surface area (Å²) in [5.74, 6) is 0.470. The molecule has 0 aliphatic heterocycles. The Morgan fingerprint density at radius 1 is 1.38 bits per heavy atom. The molecule has 0 aliphatic carbocycles. The van der Waals surface area contributed by atoms with Crippen LogP contribution in [0, 0.1) is 5.92 Å². The molecule has 13 heavy (non-hydrogen) atoms. The van der Waals surface area contributed by atoms with Gasteiger partial charge in [0, 0.05) is 0 Å². The van der Waals surface area contributed by atoms with Crippen molar-refractivity contribution in [3.05, 3.63) is 0 Å². The molecule has 78 valence electrons. The summed E-state index contributed by atoms with van der Waals surface area (Å²) < 4.78 is 4.61. The standard InChI is InChI=1S/C10H21NO2/c1-5-9(6-2)7-11-8(3)10(12)13-4/h8-9,11H,5-7H2,1-4H3. The minimum Gasteiger partial charge on any atom is -0.468 e. The van der Waals surface area contributed by atoms with Gasteiger partial charge in [-0.15, -0.1) is 0 Å². The number of esters is 1. The second kappa shape index (κ2) is 6.89. The Kier molecular flexibility index (Phi) is 6.59. The third kappa shape index (κ3) is 4.88. The molecule has 0 radical (unpaired) electrons. The minimum absolute atomic E-state index is 0.189. The topological polar surface area (TPSA) is 38.3 Å². The van der Waals surface area contributed by atoms with Crippen molar-refractivity contribution in [1.29, 1.82) is 0 Å². The third-order valence-corrected chi connectivity index (χ3v) is 2.42. The van der Waals surface area contributed by atoms with Crippen molar-refractivity contribution in [3.8, 4) is 0 Å². The summed E-state index contributed by atoms with van der Waals surface area (Å²) >= 11 is 0. The second-order valence-electron chi connectivity index (χ2n) is 3.34. The van der Waals surface area contributed by atoms with Crippen LogP contribution < -0.4 is 5.32 Å². The molecule has 1 N–H and O–H groups in total. The SMILES string of the molecule is CCC(CC)CNC(C)C(=O)OC. The third-order valence-electron chi connectivity index (χ3n) is 2.42. The van der Waals surface area contributed by atoms with Crippen molar-refractivity contribution < 1.29 is 9.53 Å². The van der Waals surface area contributed by atoms with Crippen LogP contribution in [0.5, 0.6) is 0 Å². The van der Waals surface area contributed by atoms with E-state index in [1.165, 1.54) is 7.11 Å². The summed E-state index contributed by atoms with van der Waals surface area (Å²) in [5, 5.41) is 3.16. The molecule has 1 atom stereocenters. The van der Waals surface area contributed by atoms with E-state index in [9.17, 15) is 4.79 Å². The number of carbonyl (C=O) groups excluding carboxylic acids is 1. The quantitative estimate of drug-likeness (QED) is 0.641. The molecule has 0 heterocycles.